The van der Waals surface area contributed by atoms with Crippen molar-refractivity contribution in [1.29, 1.82) is 0 Å². The highest BCUT2D eigenvalue weighted by Gasteiger charge is 2.65. The van der Waals surface area contributed by atoms with Crippen molar-refractivity contribution in [3.05, 3.63) is 0 Å². The third-order valence-electron chi connectivity index (χ3n) is 5.66. The summed E-state index contributed by atoms with van der Waals surface area (Å²) >= 11 is 0. The topological polar surface area (TPSA) is 41.1 Å². The molecule has 4 aliphatic rings. The van der Waals surface area contributed by atoms with E-state index in [-0.39, 0.29) is 11.9 Å². The summed E-state index contributed by atoms with van der Waals surface area (Å²) in [5.74, 6) is 4.11. The summed E-state index contributed by atoms with van der Waals surface area (Å²) in [6.45, 7) is 0.875. The molecule has 0 spiro atoms. The van der Waals surface area contributed by atoms with Crippen molar-refractivity contribution < 1.29 is 4.79 Å². The molecule has 2 N–H and O–H groups in total. The minimum atomic E-state index is 0.104. The molecular weight excluding hydrogens is 212 g/mol. The molecule has 0 radical (unpaired) electrons. The van der Waals surface area contributed by atoms with Gasteiger partial charge in [0.25, 0.3) is 0 Å². The Bertz CT molecular complexity index is 327. The van der Waals surface area contributed by atoms with E-state index in [2.05, 4.69) is 10.6 Å². The van der Waals surface area contributed by atoms with Crippen molar-refractivity contribution in [3.63, 3.8) is 0 Å². The van der Waals surface area contributed by atoms with Gasteiger partial charge >= 0.3 is 0 Å². The molecule has 5 atom stereocenters. The number of hydrogen-bond acceptors (Lipinski definition) is 2. The molecule has 3 heteroatoms. The molecule has 5 unspecified atom stereocenters. The minimum Gasteiger partial charge on any atom is -0.355 e. The Kier molecular flexibility index (Phi) is 2.26. The molecule has 1 heterocycles. The maximum Gasteiger partial charge on any atom is 0.237 e. The number of rotatable bonds is 2. The van der Waals surface area contributed by atoms with Crippen LogP contribution in [0.4, 0.5) is 0 Å². The van der Waals surface area contributed by atoms with E-state index in [9.17, 15) is 4.79 Å². The van der Waals surface area contributed by atoms with Gasteiger partial charge in [-0.05, 0) is 62.2 Å². The zero-order chi connectivity index (χ0) is 11.4. The van der Waals surface area contributed by atoms with Crippen LogP contribution < -0.4 is 10.6 Å². The van der Waals surface area contributed by atoms with Crippen LogP contribution in [-0.2, 0) is 4.79 Å². The van der Waals surface area contributed by atoms with Gasteiger partial charge in [-0.2, -0.15) is 0 Å². The molecule has 3 aliphatic carbocycles. The summed E-state index contributed by atoms with van der Waals surface area (Å²) in [7, 11) is 0. The van der Waals surface area contributed by atoms with Gasteiger partial charge in [0, 0.05) is 12.6 Å². The first kappa shape index (κ1) is 10.4. The number of hydrogen-bond donors (Lipinski definition) is 2. The van der Waals surface area contributed by atoms with Crippen molar-refractivity contribution in [3.8, 4) is 0 Å². The lowest BCUT2D eigenvalue weighted by atomic mass is 10.0. The van der Waals surface area contributed by atoms with Gasteiger partial charge in [0.05, 0.1) is 6.04 Å². The second-order valence-corrected chi connectivity index (χ2v) is 6.52. The average Bonchev–Trinajstić information content (AvgIpc) is 2.78. The second kappa shape index (κ2) is 3.71. The summed E-state index contributed by atoms with van der Waals surface area (Å²) in [5.41, 5.74) is 0. The maximum atomic E-state index is 11.9. The first-order valence-electron chi connectivity index (χ1n) is 7.38. The summed E-state index contributed by atoms with van der Waals surface area (Å²) in [6, 6.07) is 0.794. The van der Waals surface area contributed by atoms with Crippen LogP contribution >= 0.6 is 0 Å². The van der Waals surface area contributed by atoms with Gasteiger partial charge in [-0.3, -0.25) is 4.79 Å². The van der Waals surface area contributed by atoms with Gasteiger partial charge in [-0.15, -0.1) is 0 Å². The zero-order valence-electron chi connectivity index (χ0n) is 10.3. The van der Waals surface area contributed by atoms with E-state index < -0.39 is 0 Å². The molecule has 1 amide bonds. The Morgan fingerprint density at radius 2 is 1.82 bits per heavy atom. The summed E-state index contributed by atoms with van der Waals surface area (Å²) in [4.78, 5) is 11.9. The van der Waals surface area contributed by atoms with Crippen LogP contribution in [0.2, 0.25) is 0 Å². The van der Waals surface area contributed by atoms with E-state index >= 15 is 0 Å². The summed E-state index contributed by atoms with van der Waals surface area (Å²) < 4.78 is 0. The SMILES string of the molecule is O=C1NCCCCC1NC1C2C3CCC(C3)C12. The van der Waals surface area contributed by atoms with Crippen LogP contribution in [0, 0.1) is 23.7 Å². The highest BCUT2D eigenvalue weighted by Crippen LogP contribution is 2.65. The Labute approximate surface area is 103 Å². The number of fused-ring (bicyclic) bond motifs is 5. The van der Waals surface area contributed by atoms with Crippen molar-refractivity contribution in [2.45, 2.75) is 50.6 Å². The standard InChI is InChI=1S/C14H22N2O/c17-14-10(3-1-2-6-15-14)16-13-11-8-4-5-9(7-8)12(11)13/h8-13,16H,1-7H2,(H,15,17). The quantitative estimate of drug-likeness (QED) is 0.756. The van der Waals surface area contributed by atoms with Crippen LogP contribution in [0.15, 0.2) is 0 Å². The first-order valence-corrected chi connectivity index (χ1v) is 7.38. The number of carbonyl (C=O) groups excluding carboxylic acids is 1. The number of nitrogens with one attached hydrogen (secondary N) is 2. The van der Waals surface area contributed by atoms with E-state index in [1.807, 2.05) is 0 Å². The molecular formula is C14H22N2O. The lowest BCUT2D eigenvalue weighted by Crippen LogP contribution is -2.45. The van der Waals surface area contributed by atoms with E-state index in [1.165, 1.54) is 25.7 Å². The Balaban J connectivity index is 1.40. The van der Waals surface area contributed by atoms with Crippen molar-refractivity contribution in [2.75, 3.05) is 6.54 Å². The van der Waals surface area contributed by atoms with Crippen LogP contribution in [-0.4, -0.2) is 24.5 Å². The van der Waals surface area contributed by atoms with Gasteiger partial charge in [-0.1, -0.05) is 0 Å². The smallest absolute Gasteiger partial charge is 0.237 e. The van der Waals surface area contributed by atoms with E-state index in [4.69, 9.17) is 0 Å². The minimum absolute atomic E-state index is 0.104. The highest BCUT2D eigenvalue weighted by molar-refractivity contribution is 5.82. The van der Waals surface area contributed by atoms with Gasteiger partial charge in [0.1, 0.15) is 0 Å². The van der Waals surface area contributed by atoms with Crippen LogP contribution in [0.3, 0.4) is 0 Å². The molecule has 2 bridgehead atoms. The third kappa shape index (κ3) is 1.55. The molecule has 0 aromatic carbocycles. The van der Waals surface area contributed by atoms with Crippen LogP contribution in [0.5, 0.6) is 0 Å². The molecule has 1 saturated heterocycles. The van der Waals surface area contributed by atoms with Crippen LogP contribution in [0.1, 0.15) is 38.5 Å². The molecule has 94 valence electrons. The van der Waals surface area contributed by atoms with Gasteiger partial charge in [0.15, 0.2) is 0 Å². The molecule has 3 nitrogen and oxygen atoms in total. The Morgan fingerprint density at radius 3 is 2.59 bits per heavy atom. The largest absolute Gasteiger partial charge is 0.355 e. The predicted octanol–water partition coefficient (Wildman–Crippen LogP) is 1.29. The van der Waals surface area contributed by atoms with E-state index in [0.717, 1.165) is 43.1 Å². The fraction of sp³-hybridized carbons (Fsp3) is 0.929. The van der Waals surface area contributed by atoms with E-state index in [1.54, 1.807) is 0 Å². The molecule has 3 saturated carbocycles. The monoisotopic (exact) mass is 234 g/mol. The maximum absolute atomic E-state index is 11.9. The first-order chi connectivity index (χ1) is 8.34. The Morgan fingerprint density at radius 1 is 1.06 bits per heavy atom. The average molecular weight is 234 g/mol. The van der Waals surface area contributed by atoms with Gasteiger partial charge in [-0.25, -0.2) is 0 Å². The lowest BCUT2D eigenvalue weighted by Gasteiger charge is -2.18. The summed E-state index contributed by atoms with van der Waals surface area (Å²) in [6.07, 6.45) is 7.78. The van der Waals surface area contributed by atoms with Crippen LogP contribution in [0.25, 0.3) is 0 Å². The number of amides is 1. The fourth-order valence-corrected chi connectivity index (χ4v) is 4.88. The van der Waals surface area contributed by atoms with Crippen molar-refractivity contribution in [2.24, 2.45) is 23.7 Å². The van der Waals surface area contributed by atoms with Crippen molar-refractivity contribution >= 4 is 5.91 Å². The van der Waals surface area contributed by atoms with Gasteiger partial charge < -0.3 is 10.6 Å². The molecule has 0 aromatic heterocycles. The van der Waals surface area contributed by atoms with Gasteiger partial charge in [0.2, 0.25) is 5.91 Å². The Hall–Kier alpha value is -0.570. The zero-order valence-corrected chi connectivity index (χ0v) is 10.3. The fourth-order valence-electron chi connectivity index (χ4n) is 4.88. The third-order valence-corrected chi connectivity index (χ3v) is 5.66. The molecule has 17 heavy (non-hydrogen) atoms. The lowest BCUT2D eigenvalue weighted by molar-refractivity contribution is -0.122. The van der Waals surface area contributed by atoms with E-state index in [0.29, 0.717) is 6.04 Å². The summed E-state index contributed by atoms with van der Waals surface area (Å²) in [5, 5.41) is 6.70. The molecule has 1 aliphatic heterocycles. The molecule has 0 aromatic rings. The second-order valence-electron chi connectivity index (χ2n) is 6.52. The highest BCUT2D eigenvalue weighted by atomic mass is 16.2. The predicted molar refractivity (Wildman–Crippen MR) is 65.4 cm³/mol. The van der Waals surface area contributed by atoms with Crippen molar-refractivity contribution in [1.82, 2.24) is 10.6 Å². The molecule has 4 rings (SSSR count). The normalized spacial score (nSPS) is 51.9. The number of carbonyl (C=O) groups is 1. The molecule has 4 fully saturated rings.